The Morgan fingerprint density at radius 1 is 1.17 bits per heavy atom. The molecule has 0 saturated heterocycles. The fourth-order valence-corrected chi connectivity index (χ4v) is 3.00. The van der Waals surface area contributed by atoms with E-state index in [-0.39, 0.29) is 18.2 Å². The Balaban J connectivity index is 1.56. The van der Waals surface area contributed by atoms with Gasteiger partial charge in [0.25, 0.3) is 0 Å². The Labute approximate surface area is 176 Å². The predicted octanol–water partition coefficient (Wildman–Crippen LogP) is 3.58. The quantitative estimate of drug-likeness (QED) is 0.503. The number of hydrogen-bond donors (Lipinski definition) is 2. The van der Waals surface area contributed by atoms with E-state index in [1.807, 2.05) is 12.1 Å². The molecule has 2 aromatic carbocycles. The highest BCUT2D eigenvalue weighted by Crippen LogP contribution is 2.21. The van der Waals surface area contributed by atoms with E-state index in [4.69, 9.17) is 17.0 Å². The van der Waals surface area contributed by atoms with Gasteiger partial charge in [-0.05, 0) is 60.6 Å². The Kier molecular flexibility index (Phi) is 7.12. The maximum atomic E-state index is 12.4. The van der Waals surface area contributed by atoms with E-state index in [0.29, 0.717) is 29.3 Å². The zero-order valence-corrected chi connectivity index (χ0v) is 16.9. The summed E-state index contributed by atoms with van der Waals surface area (Å²) in [6.07, 6.45) is 0.544. The van der Waals surface area contributed by atoms with Crippen molar-refractivity contribution in [3.8, 4) is 22.9 Å². The minimum absolute atomic E-state index is 0.0118. The number of ether oxygens (including phenoxy) is 2. The highest BCUT2D eigenvalue weighted by Gasteiger charge is 2.12. The topological polar surface area (TPSA) is 81.2 Å². The van der Waals surface area contributed by atoms with Crippen LogP contribution in [0.3, 0.4) is 0 Å². The van der Waals surface area contributed by atoms with E-state index in [0.717, 1.165) is 11.1 Å². The molecule has 1 heterocycles. The van der Waals surface area contributed by atoms with Crippen molar-refractivity contribution in [3.05, 3.63) is 58.9 Å². The number of aromatic amines is 1. The lowest BCUT2D eigenvalue weighted by atomic mass is 10.1. The molecule has 7 nitrogen and oxygen atoms in total. The molecule has 0 spiro atoms. The number of H-pyrrole nitrogens is 1. The van der Waals surface area contributed by atoms with Gasteiger partial charge in [0, 0.05) is 12.1 Å². The van der Waals surface area contributed by atoms with Crippen LogP contribution in [0.1, 0.15) is 5.56 Å². The van der Waals surface area contributed by atoms with E-state index in [1.54, 1.807) is 35.9 Å². The van der Waals surface area contributed by atoms with Gasteiger partial charge in [0.05, 0.1) is 7.11 Å². The molecule has 158 valence electrons. The van der Waals surface area contributed by atoms with Gasteiger partial charge in [0.15, 0.2) is 10.6 Å². The second-order valence-electron chi connectivity index (χ2n) is 6.29. The normalized spacial score (nSPS) is 10.8. The molecule has 3 rings (SSSR count). The van der Waals surface area contributed by atoms with Gasteiger partial charge in [-0.15, -0.1) is 0 Å². The molecule has 0 aliphatic rings. The molecular weight excluding hydrogens is 414 g/mol. The third-order valence-electron chi connectivity index (χ3n) is 4.29. The van der Waals surface area contributed by atoms with E-state index in [9.17, 15) is 13.6 Å². The van der Waals surface area contributed by atoms with Crippen LogP contribution < -0.4 is 14.8 Å². The number of halogens is 2. The molecule has 0 fully saturated rings. The molecule has 1 aromatic heterocycles. The van der Waals surface area contributed by atoms with Gasteiger partial charge in [-0.1, -0.05) is 12.1 Å². The number of amides is 1. The molecule has 1 amide bonds. The third-order valence-corrected chi connectivity index (χ3v) is 4.60. The number of nitrogens with zero attached hydrogens (tertiary/aromatic N) is 2. The molecule has 0 unspecified atom stereocenters. The number of hydrogen-bond acceptors (Lipinski definition) is 5. The largest absolute Gasteiger partial charge is 0.497 e. The van der Waals surface area contributed by atoms with Crippen molar-refractivity contribution in [1.29, 1.82) is 0 Å². The van der Waals surface area contributed by atoms with Crippen molar-refractivity contribution in [3.63, 3.8) is 0 Å². The van der Waals surface area contributed by atoms with Gasteiger partial charge in [0.1, 0.15) is 18.0 Å². The van der Waals surface area contributed by atoms with Crippen LogP contribution in [0.25, 0.3) is 11.4 Å². The van der Waals surface area contributed by atoms with Gasteiger partial charge in [-0.25, -0.2) is 0 Å². The summed E-state index contributed by atoms with van der Waals surface area (Å²) < 4.78 is 35.8. The van der Waals surface area contributed by atoms with Crippen molar-refractivity contribution in [2.75, 3.05) is 13.7 Å². The molecule has 0 atom stereocenters. The van der Waals surface area contributed by atoms with E-state index < -0.39 is 6.61 Å². The molecule has 0 saturated carbocycles. The molecule has 10 heteroatoms. The second kappa shape index (κ2) is 9.97. The van der Waals surface area contributed by atoms with E-state index >= 15 is 0 Å². The van der Waals surface area contributed by atoms with Crippen LogP contribution in [0, 0.1) is 4.77 Å². The molecule has 2 N–H and O–H groups in total. The molecule has 30 heavy (non-hydrogen) atoms. The van der Waals surface area contributed by atoms with Crippen molar-refractivity contribution < 1.29 is 23.0 Å². The Bertz CT molecular complexity index is 1030. The molecule has 0 bridgehead atoms. The summed E-state index contributed by atoms with van der Waals surface area (Å²) in [6.45, 7) is -2.46. The van der Waals surface area contributed by atoms with Gasteiger partial charge in [-0.3, -0.25) is 14.5 Å². The van der Waals surface area contributed by atoms with Gasteiger partial charge in [-0.2, -0.15) is 13.9 Å². The summed E-state index contributed by atoms with van der Waals surface area (Å²) in [7, 11) is 1.58. The van der Waals surface area contributed by atoms with Crippen LogP contribution in [0.2, 0.25) is 0 Å². The summed E-state index contributed by atoms with van der Waals surface area (Å²) >= 11 is 5.25. The van der Waals surface area contributed by atoms with E-state index in [2.05, 4.69) is 20.3 Å². The summed E-state index contributed by atoms with van der Waals surface area (Å²) in [4.78, 5) is 12.4. The first-order chi connectivity index (χ1) is 14.5. The molecule has 0 aliphatic heterocycles. The third kappa shape index (κ3) is 5.63. The number of nitrogens with one attached hydrogen (secondary N) is 2. The van der Waals surface area contributed by atoms with Crippen LogP contribution in [0.5, 0.6) is 11.5 Å². The lowest BCUT2D eigenvalue weighted by molar-refractivity contribution is -0.121. The van der Waals surface area contributed by atoms with Crippen LogP contribution in [-0.4, -0.2) is 40.9 Å². The maximum absolute atomic E-state index is 12.4. The predicted molar refractivity (Wildman–Crippen MR) is 109 cm³/mol. The van der Waals surface area contributed by atoms with Gasteiger partial charge < -0.3 is 14.8 Å². The summed E-state index contributed by atoms with van der Waals surface area (Å²) in [5.41, 5.74) is 1.68. The number of carbonyl (C=O) groups is 1. The standard InChI is InChI=1S/C20H20F2N4O3S/c1-28-15-8-4-14(5-9-15)18-24-25-20(30)26(18)12-17(27)23-11-10-13-2-6-16(7-3-13)29-19(21)22/h2-9,19H,10-12H2,1H3,(H,23,27)(H,25,30). The zero-order valence-electron chi connectivity index (χ0n) is 16.1. The minimum Gasteiger partial charge on any atom is -0.497 e. The summed E-state index contributed by atoms with van der Waals surface area (Å²) in [6, 6.07) is 13.6. The number of alkyl halides is 2. The maximum Gasteiger partial charge on any atom is 0.387 e. The first kappa shape index (κ1) is 21.4. The lowest BCUT2D eigenvalue weighted by Gasteiger charge is -2.09. The fraction of sp³-hybridized carbons (Fsp3) is 0.250. The number of carbonyl (C=O) groups excluding carboxylic acids is 1. The van der Waals surface area contributed by atoms with Crippen molar-refractivity contribution in [2.24, 2.45) is 0 Å². The minimum atomic E-state index is -2.85. The highest BCUT2D eigenvalue weighted by molar-refractivity contribution is 7.71. The van der Waals surface area contributed by atoms with Crippen molar-refractivity contribution in [2.45, 2.75) is 19.6 Å². The summed E-state index contributed by atoms with van der Waals surface area (Å²) in [5, 5.41) is 9.74. The lowest BCUT2D eigenvalue weighted by Crippen LogP contribution is -2.29. The Morgan fingerprint density at radius 2 is 1.83 bits per heavy atom. The number of methoxy groups -OCH3 is 1. The fourth-order valence-electron chi connectivity index (χ4n) is 2.81. The van der Waals surface area contributed by atoms with Gasteiger partial charge in [0.2, 0.25) is 5.91 Å². The highest BCUT2D eigenvalue weighted by atomic mass is 32.1. The average Bonchev–Trinajstić information content (AvgIpc) is 3.09. The van der Waals surface area contributed by atoms with Crippen molar-refractivity contribution in [1.82, 2.24) is 20.1 Å². The Hall–Kier alpha value is -3.27. The smallest absolute Gasteiger partial charge is 0.387 e. The molecule has 3 aromatic rings. The SMILES string of the molecule is COc1ccc(-c2n[nH]c(=S)n2CC(=O)NCCc2ccc(OC(F)F)cc2)cc1. The van der Waals surface area contributed by atoms with Crippen LogP contribution >= 0.6 is 12.2 Å². The van der Waals surface area contributed by atoms with Crippen LogP contribution in [0.15, 0.2) is 48.5 Å². The first-order valence-corrected chi connectivity index (χ1v) is 9.47. The Morgan fingerprint density at radius 3 is 2.47 bits per heavy atom. The second-order valence-corrected chi connectivity index (χ2v) is 6.68. The van der Waals surface area contributed by atoms with E-state index in [1.165, 1.54) is 12.1 Å². The first-order valence-electron chi connectivity index (χ1n) is 9.06. The summed E-state index contributed by atoms with van der Waals surface area (Å²) in [5.74, 6) is 1.14. The average molecular weight is 434 g/mol. The van der Waals surface area contributed by atoms with Crippen LogP contribution in [-0.2, 0) is 17.8 Å². The number of benzene rings is 2. The molecule has 0 radical (unpaired) electrons. The van der Waals surface area contributed by atoms with Crippen molar-refractivity contribution >= 4 is 18.1 Å². The number of aromatic nitrogens is 3. The van der Waals surface area contributed by atoms with Gasteiger partial charge >= 0.3 is 6.61 Å². The van der Waals surface area contributed by atoms with Crippen LogP contribution in [0.4, 0.5) is 8.78 Å². The monoisotopic (exact) mass is 434 g/mol. The molecular formula is C20H20F2N4O3S. The molecule has 0 aliphatic carbocycles. The zero-order chi connectivity index (χ0) is 21.5. The number of rotatable bonds is 9.